The summed E-state index contributed by atoms with van der Waals surface area (Å²) in [5, 5.41) is 7.54. The Morgan fingerprint density at radius 3 is 3.12 bits per heavy atom. The lowest BCUT2D eigenvalue weighted by molar-refractivity contribution is 0.706. The van der Waals surface area contributed by atoms with Crippen molar-refractivity contribution in [1.82, 2.24) is 14.6 Å². The Morgan fingerprint density at radius 1 is 1.56 bits per heavy atom. The lowest BCUT2D eigenvalue weighted by Crippen LogP contribution is -2.18. The molecule has 0 radical (unpaired) electrons. The lowest BCUT2D eigenvalue weighted by Gasteiger charge is -2.11. The molecule has 2 heterocycles. The van der Waals surface area contributed by atoms with E-state index in [-0.39, 0.29) is 6.04 Å². The van der Waals surface area contributed by atoms with E-state index in [1.54, 1.807) is 4.52 Å². The van der Waals surface area contributed by atoms with Crippen molar-refractivity contribution in [3.05, 3.63) is 24.4 Å². The van der Waals surface area contributed by atoms with E-state index in [1.807, 2.05) is 24.4 Å². The average Bonchev–Trinajstić information content (AvgIpc) is 2.70. The number of pyridine rings is 1. The quantitative estimate of drug-likeness (QED) is 0.791. The molecule has 0 saturated carbocycles. The second-order valence-corrected chi connectivity index (χ2v) is 3.60. The van der Waals surface area contributed by atoms with Gasteiger partial charge >= 0.3 is 0 Å². The zero-order valence-corrected chi connectivity index (χ0v) is 9.22. The van der Waals surface area contributed by atoms with Crippen LogP contribution < -0.4 is 5.32 Å². The predicted molar refractivity (Wildman–Crippen MR) is 64.1 cm³/mol. The summed E-state index contributed by atoms with van der Waals surface area (Å²) in [4.78, 5) is 4.35. The summed E-state index contributed by atoms with van der Waals surface area (Å²) in [7, 11) is 0. The van der Waals surface area contributed by atoms with Gasteiger partial charge in [-0.05, 0) is 18.6 Å². The average molecular weight is 214 g/mol. The summed E-state index contributed by atoms with van der Waals surface area (Å²) in [6.07, 6.45) is 8.81. The van der Waals surface area contributed by atoms with Gasteiger partial charge in [0.2, 0.25) is 5.95 Å². The van der Waals surface area contributed by atoms with Crippen molar-refractivity contribution >= 4 is 11.6 Å². The van der Waals surface area contributed by atoms with Crippen LogP contribution in [0.25, 0.3) is 5.65 Å². The summed E-state index contributed by atoms with van der Waals surface area (Å²) >= 11 is 0. The van der Waals surface area contributed by atoms with E-state index >= 15 is 0 Å². The number of hydrogen-bond donors (Lipinski definition) is 1. The smallest absolute Gasteiger partial charge is 0.243 e. The monoisotopic (exact) mass is 214 g/mol. The van der Waals surface area contributed by atoms with Gasteiger partial charge in [-0.2, -0.15) is 4.98 Å². The minimum absolute atomic E-state index is 0.238. The number of terminal acetylenes is 1. The Balaban J connectivity index is 2.18. The minimum Gasteiger partial charge on any atom is -0.349 e. The maximum absolute atomic E-state index is 5.30. The van der Waals surface area contributed by atoms with Crippen LogP contribution in [-0.2, 0) is 0 Å². The van der Waals surface area contributed by atoms with Crippen molar-refractivity contribution in [2.45, 2.75) is 25.8 Å². The van der Waals surface area contributed by atoms with Crippen molar-refractivity contribution < 1.29 is 0 Å². The van der Waals surface area contributed by atoms with Gasteiger partial charge in [-0.1, -0.05) is 13.0 Å². The summed E-state index contributed by atoms with van der Waals surface area (Å²) < 4.78 is 1.74. The standard InChI is InChI=1S/C12H14N4/c1-3-7-10(4-2)13-12-14-11-8-5-6-9-16(11)15-12/h1,5-6,8-10H,4,7H2,2H3,(H,13,15). The van der Waals surface area contributed by atoms with Crippen LogP contribution in [-0.4, -0.2) is 20.6 Å². The lowest BCUT2D eigenvalue weighted by atomic mass is 10.2. The Kier molecular flexibility index (Phi) is 3.06. The molecule has 0 spiro atoms. The fourth-order valence-corrected chi connectivity index (χ4v) is 1.51. The van der Waals surface area contributed by atoms with Gasteiger partial charge in [-0.25, -0.2) is 4.52 Å². The van der Waals surface area contributed by atoms with Crippen molar-refractivity contribution in [1.29, 1.82) is 0 Å². The Morgan fingerprint density at radius 2 is 2.44 bits per heavy atom. The van der Waals surface area contributed by atoms with Crippen LogP contribution in [0.2, 0.25) is 0 Å². The normalized spacial score (nSPS) is 12.2. The highest BCUT2D eigenvalue weighted by molar-refractivity contribution is 5.43. The molecule has 2 aromatic rings. The largest absolute Gasteiger partial charge is 0.349 e. The topological polar surface area (TPSA) is 42.2 Å². The molecular weight excluding hydrogens is 200 g/mol. The highest BCUT2D eigenvalue weighted by atomic mass is 15.3. The second-order valence-electron chi connectivity index (χ2n) is 3.60. The molecule has 4 nitrogen and oxygen atoms in total. The number of fused-ring (bicyclic) bond motifs is 1. The molecule has 0 aliphatic carbocycles. The molecule has 0 bridgehead atoms. The maximum atomic E-state index is 5.30. The van der Waals surface area contributed by atoms with Crippen molar-refractivity contribution in [3.63, 3.8) is 0 Å². The summed E-state index contributed by atoms with van der Waals surface area (Å²) in [5.41, 5.74) is 0.834. The third-order valence-electron chi connectivity index (χ3n) is 2.43. The van der Waals surface area contributed by atoms with Crippen LogP contribution in [0.1, 0.15) is 19.8 Å². The minimum atomic E-state index is 0.238. The molecule has 0 aliphatic rings. The number of hydrogen-bond acceptors (Lipinski definition) is 3. The number of nitrogens with one attached hydrogen (secondary N) is 1. The summed E-state index contributed by atoms with van der Waals surface area (Å²) in [5.74, 6) is 3.28. The number of anilines is 1. The van der Waals surface area contributed by atoms with Gasteiger partial charge < -0.3 is 5.32 Å². The van der Waals surface area contributed by atoms with E-state index in [9.17, 15) is 0 Å². The molecule has 0 saturated heterocycles. The van der Waals surface area contributed by atoms with Gasteiger partial charge in [0, 0.05) is 18.7 Å². The third-order valence-corrected chi connectivity index (χ3v) is 2.43. The summed E-state index contributed by atoms with van der Waals surface area (Å²) in [6, 6.07) is 6.01. The van der Waals surface area contributed by atoms with Crippen molar-refractivity contribution in [2.24, 2.45) is 0 Å². The highest BCUT2D eigenvalue weighted by Crippen LogP contribution is 2.08. The maximum Gasteiger partial charge on any atom is 0.243 e. The van der Waals surface area contributed by atoms with E-state index < -0.39 is 0 Å². The van der Waals surface area contributed by atoms with Crippen LogP contribution in [0, 0.1) is 12.3 Å². The first-order valence-electron chi connectivity index (χ1n) is 5.35. The summed E-state index contributed by atoms with van der Waals surface area (Å²) in [6.45, 7) is 2.09. The molecule has 0 fully saturated rings. The molecule has 1 atom stereocenters. The molecule has 16 heavy (non-hydrogen) atoms. The molecule has 0 aromatic carbocycles. The van der Waals surface area contributed by atoms with Crippen molar-refractivity contribution in [2.75, 3.05) is 5.32 Å². The first kappa shape index (κ1) is 10.5. The van der Waals surface area contributed by atoms with Gasteiger partial charge in [-0.15, -0.1) is 17.4 Å². The van der Waals surface area contributed by atoms with Gasteiger partial charge in [0.1, 0.15) is 0 Å². The molecular formula is C12H14N4. The van der Waals surface area contributed by atoms with Crippen LogP contribution in [0.4, 0.5) is 5.95 Å². The third kappa shape index (κ3) is 2.14. The number of nitrogens with zero attached hydrogens (tertiary/aromatic N) is 3. The Labute approximate surface area is 94.7 Å². The SMILES string of the molecule is C#CCC(CC)Nc1nc2ccccn2n1. The van der Waals surface area contributed by atoms with Gasteiger partial charge in [0.25, 0.3) is 0 Å². The van der Waals surface area contributed by atoms with Gasteiger partial charge in [-0.3, -0.25) is 0 Å². The van der Waals surface area contributed by atoms with Gasteiger partial charge in [0.05, 0.1) is 0 Å². The first-order chi connectivity index (χ1) is 7.83. The predicted octanol–water partition coefficient (Wildman–Crippen LogP) is 1.94. The van der Waals surface area contributed by atoms with E-state index in [2.05, 4.69) is 28.2 Å². The Hall–Kier alpha value is -2.02. The molecule has 4 heteroatoms. The number of rotatable bonds is 4. The van der Waals surface area contributed by atoms with Gasteiger partial charge in [0.15, 0.2) is 5.65 Å². The molecule has 0 amide bonds. The molecule has 82 valence electrons. The molecule has 2 aromatic heterocycles. The van der Waals surface area contributed by atoms with E-state index in [1.165, 1.54) is 0 Å². The molecule has 0 aliphatic heterocycles. The molecule has 2 rings (SSSR count). The van der Waals surface area contributed by atoms with E-state index in [0.29, 0.717) is 12.4 Å². The molecule has 1 N–H and O–H groups in total. The van der Waals surface area contributed by atoms with Crippen LogP contribution >= 0.6 is 0 Å². The Bertz CT molecular complexity index is 476. The first-order valence-corrected chi connectivity index (χ1v) is 5.35. The fourth-order valence-electron chi connectivity index (χ4n) is 1.51. The second kappa shape index (κ2) is 4.67. The highest BCUT2D eigenvalue weighted by Gasteiger charge is 2.08. The zero-order valence-electron chi connectivity index (χ0n) is 9.22. The number of aromatic nitrogens is 3. The molecule has 1 unspecified atom stereocenters. The van der Waals surface area contributed by atoms with Crippen LogP contribution in [0.5, 0.6) is 0 Å². The van der Waals surface area contributed by atoms with Crippen molar-refractivity contribution in [3.8, 4) is 12.3 Å². The van der Waals surface area contributed by atoms with Crippen LogP contribution in [0.15, 0.2) is 24.4 Å². The van der Waals surface area contributed by atoms with E-state index in [4.69, 9.17) is 6.42 Å². The van der Waals surface area contributed by atoms with Crippen LogP contribution in [0.3, 0.4) is 0 Å². The zero-order chi connectivity index (χ0) is 11.4. The van der Waals surface area contributed by atoms with E-state index in [0.717, 1.165) is 12.1 Å². The fraction of sp³-hybridized carbons (Fsp3) is 0.333.